The average molecular weight is 471 g/mol. The number of terminal acetylenes is 1. The Morgan fingerprint density at radius 3 is 2.43 bits per heavy atom. The highest BCUT2D eigenvalue weighted by Gasteiger charge is 2.63. The van der Waals surface area contributed by atoms with Gasteiger partial charge in [0.25, 0.3) is 0 Å². The van der Waals surface area contributed by atoms with Crippen LogP contribution in [0.5, 0.6) is 0 Å². The molecular formula is C35H50. The van der Waals surface area contributed by atoms with Gasteiger partial charge in [-0.1, -0.05) is 52.7 Å². The van der Waals surface area contributed by atoms with E-state index < -0.39 is 0 Å². The molecule has 0 nitrogen and oxygen atoms in total. The van der Waals surface area contributed by atoms with Crippen LogP contribution in [0, 0.1) is 57.7 Å². The minimum absolute atomic E-state index is 0.426. The van der Waals surface area contributed by atoms with Gasteiger partial charge in [0.1, 0.15) is 0 Å². The lowest BCUT2D eigenvalue weighted by Crippen LogP contribution is -2.54. The second-order valence-corrected chi connectivity index (χ2v) is 14.4. The van der Waals surface area contributed by atoms with E-state index in [1.807, 2.05) is 6.08 Å². The van der Waals surface area contributed by atoms with Crippen molar-refractivity contribution in [2.45, 2.75) is 118 Å². The Bertz CT molecular complexity index is 995. The molecule has 0 heteroatoms. The van der Waals surface area contributed by atoms with Gasteiger partial charge in [0.05, 0.1) is 0 Å². The summed E-state index contributed by atoms with van der Waals surface area (Å²) in [4.78, 5) is 0. The monoisotopic (exact) mass is 470 g/mol. The van der Waals surface area contributed by atoms with Crippen molar-refractivity contribution in [2.24, 2.45) is 45.3 Å². The van der Waals surface area contributed by atoms with Crippen LogP contribution in [0.15, 0.2) is 41.2 Å². The fraction of sp³-hybridized carbons (Fsp3) is 0.743. The van der Waals surface area contributed by atoms with Gasteiger partial charge in [0, 0.05) is 12.0 Å². The van der Waals surface area contributed by atoms with Crippen molar-refractivity contribution in [1.29, 1.82) is 0 Å². The number of hydrogen-bond acceptors (Lipinski definition) is 0. The summed E-state index contributed by atoms with van der Waals surface area (Å²) < 4.78 is 0. The van der Waals surface area contributed by atoms with Crippen LogP contribution in [0.2, 0.25) is 0 Å². The summed E-state index contributed by atoms with van der Waals surface area (Å²) in [7, 11) is 0. The molecule has 0 radical (unpaired) electrons. The van der Waals surface area contributed by atoms with Crippen LogP contribution in [-0.2, 0) is 0 Å². The molecule has 4 saturated carbocycles. The molecule has 0 aromatic rings. The molecule has 0 aromatic carbocycles. The molecule has 0 bridgehead atoms. The minimum Gasteiger partial charge on any atom is -0.116 e. The quantitative estimate of drug-likeness (QED) is 0.197. The van der Waals surface area contributed by atoms with E-state index in [1.54, 1.807) is 0 Å². The Balaban J connectivity index is 1.38. The molecule has 0 N–H and O–H groups in total. The summed E-state index contributed by atoms with van der Waals surface area (Å²) in [6.07, 6.45) is 27.9. The van der Waals surface area contributed by atoms with Crippen LogP contribution in [0.25, 0.3) is 0 Å². The molecule has 4 fully saturated rings. The number of hydrogen-bond donors (Lipinski definition) is 0. The van der Waals surface area contributed by atoms with Crippen molar-refractivity contribution in [3.63, 3.8) is 0 Å². The zero-order valence-electron chi connectivity index (χ0n) is 23.4. The molecule has 5 aliphatic carbocycles. The highest BCUT2D eigenvalue weighted by Crippen LogP contribution is 2.73. The first-order valence-corrected chi connectivity index (χ1v) is 14.9. The van der Waals surface area contributed by atoms with Crippen molar-refractivity contribution in [3.8, 4) is 12.3 Å². The van der Waals surface area contributed by atoms with Crippen LogP contribution < -0.4 is 0 Å². The molecule has 5 aliphatic rings. The Labute approximate surface area is 216 Å². The first kappa shape index (κ1) is 25.2. The third kappa shape index (κ3) is 4.06. The van der Waals surface area contributed by atoms with Crippen molar-refractivity contribution in [3.05, 3.63) is 41.2 Å². The van der Waals surface area contributed by atoms with Gasteiger partial charge in [-0.2, -0.15) is 0 Å². The summed E-state index contributed by atoms with van der Waals surface area (Å²) >= 11 is 0. The lowest BCUT2D eigenvalue weighted by atomic mass is 9.42. The Kier molecular flexibility index (Phi) is 6.37. The highest BCUT2D eigenvalue weighted by molar-refractivity contribution is 5.48. The van der Waals surface area contributed by atoms with E-state index in [9.17, 15) is 0 Å². The van der Waals surface area contributed by atoms with Gasteiger partial charge in [-0.25, -0.2) is 0 Å². The summed E-state index contributed by atoms with van der Waals surface area (Å²) in [5.41, 5.74) is 9.20. The van der Waals surface area contributed by atoms with Crippen LogP contribution in [0.3, 0.4) is 0 Å². The molecule has 35 heavy (non-hydrogen) atoms. The fourth-order valence-electron chi connectivity index (χ4n) is 10.5. The summed E-state index contributed by atoms with van der Waals surface area (Å²) in [6, 6.07) is 0. The topological polar surface area (TPSA) is 0 Å². The van der Waals surface area contributed by atoms with Crippen LogP contribution in [-0.4, -0.2) is 0 Å². The fourth-order valence-corrected chi connectivity index (χ4v) is 10.5. The number of allylic oxidation sites excluding steroid dienone is 4. The number of fused-ring (bicyclic) bond motifs is 1. The maximum atomic E-state index is 5.62. The van der Waals surface area contributed by atoms with Gasteiger partial charge < -0.3 is 0 Å². The molecule has 0 heterocycles. The molecule has 4 unspecified atom stereocenters. The van der Waals surface area contributed by atoms with E-state index in [0.29, 0.717) is 27.6 Å². The van der Waals surface area contributed by atoms with Gasteiger partial charge in [-0.15, -0.1) is 12.2 Å². The van der Waals surface area contributed by atoms with E-state index in [2.05, 4.69) is 52.3 Å². The second-order valence-electron chi connectivity index (χ2n) is 14.4. The van der Waals surface area contributed by atoms with E-state index in [4.69, 9.17) is 13.0 Å². The van der Waals surface area contributed by atoms with E-state index >= 15 is 0 Å². The lowest BCUT2D eigenvalue weighted by molar-refractivity contribution is -0.129. The van der Waals surface area contributed by atoms with Gasteiger partial charge >= 0.3 is 0 Å². The zero-order chi connectivity index (χ0) is 25.1. The first-order chi connectivity index (χ1) is 16.6. The Morgan fingerprint density at radius 2 is 1.80 bits per heavy atom. The number of rotatable bonds is 7. The standard InChI is InChI=1S/C35H50/c1-8-26-11-12-27(22-26)21-25(4)30-15-16-31(34(30,9-2)10-3)28-17-18-33(7)24-32(5,6)19-20-35(33,23-28)29-13-14-29/h1,11,22,28-31H,4,9-10,13-21,23-24H2,2-3,5-7H3/t28?,30?,31?,33?,35-/m1/s1. The molecule has 190 valence electrons. The van der Waals surface area contributed by atoms with E-state index in [1.165, 1.54) is 88.2 Å². The Hall–Kier alpha value is -1.44. The maximum absolute atomic E-state index is 5.62. The molecule has 0 spiro atoms. The predicted molar refractivity (Wildman–Crippen MR) is 150 cm³/mol. The third-order valence-electron chi connectivity index (χ3n) is 12.3. The van der Waals surface area contributed by atoms with Gasteiger partial charge in [0.15, 0.2) is 0 Å². The molecule has 0 aromatic heterocycles. The van der Waals surface area contributed by atoms with E-state index in [0.717, 1.165) is 29.7 Å². The molecule has 0 aliphatic heterocycles. The summed E-state index contributed by atoms with van der Waals surface area (Å²) in [6.45, 7) is 17.5. The minimum atomic E-state index is 0.426. The Morgan fingerprint density at radius 1 is 1.06 bits per heavy atom. The van der Waals surface area contributed by atoms with Crippen molar-refractivity contribution >= 4 is 0 Å². The normalized spacial score (nSPS) is 39.5. The summed E-state index contributed by atoms with van der Waals surface area (Å²) in [5.74, 6) is 6.23. The van der Waals surface area contributed by atoms with Crippen LogP contribution >= 0.6 is 0 Å². The predicted octanol–water partition coefficient (Wildman–Crippen LogP) is 9.83. The molecule has 5 atom stereocenters. The largest absolute Gasteiger partial charge is 0.116 e. The van der Waals surface area contributed by atoms with Crippen molar-refractivity contribution in [1.82, 2.24) is 0 Å². The molecule has 0 saturated heterocycles. The van der Waals surface area contributed by atoms with E-state index in [-0.39, 0.29) is 0 Å². The van der Waals surface area contributed by atoms with Gasteiger partial charge in [0.2, 0.25) is 0 Å². The molecular weight excluding hydrogens is 420 g/mol. The second kappa shape index (κ2) is 8.84. The SMILES string of the molecule is C#CC1=CC(CC(=C)C2CCC(C3CCC4(C)CC(C)(C)CC[C@]4(C4CC4)C3)C2(CC)CC)=C=C1. The smallest absolute Gasteiger partial charge is 0.0328 e. The van der Waals surface area contributed by atoms with Crippen molar-refractivity contribution < 1.29 is 0 Å². The first-order valence-electron chi connectivity index (χ1n) is 14.9. The lowest BCUT2D eigenvalue weighted by Gasteiger charge is -2.63. The van der Waals surface area contributed by atoms with Crippen molar-refractivity contribution in [2.75, 3.05) is 0 Å². The van der Waals surface area contributed by atoms with Crippen LogP contribution in [0.1, 0.15) is 118 Å². The van der Waals surface area contributed by atoms with Crippen LogP contribution in [0.4, 0.5) is 0 Å². The third-order valence-corrected chi connectivity index (χ3v) is 12.3. The average Bonchev–Trinajstić information content (AvgIpc) is 3.46. The maximum Gasteiger partial charge on any atom is 0.0328 e. The zero-order valence-corrected chi connectivity index (χ0v) is 23.4. The molecule has 0 amide bonds. The van der Waals surface area contributed by atoms with Gasteiger partial charge in [-0.3, -0.25) is 0 Å². The summed E-state index contributed by atoms with van der Waals surface area (Å²) in [5, 5.41) is 0. The molecule has 5 rings (SSSR count). The van der Waals surface area contributed by atoms with Gasteiger partial charge in [-0.05, 0) is 140 Å². The highest BCUT2D eigenvalue weighted by atomic mass is 14.7.